The van der Waals surface area contributed by atoms with Crippen LogP contribution in [0.25, 0.3) is 0 Å². The van der Waals surface area contributed by atoms with Crippen LogP contribution in [0, 0.1) is 11.8 Å². The van der Waals surface area contributed by atoms with E-state index < -0.39 is 35.5 Å². The number of aliphatic carboxylic acids is 1. The summed E-state index contributed by atoms with van der Waals surface area (Å²) in [5.74, 6) is -4.02. The third-order valence-electron chi connectivity index (χ3n) is 3.62. The minimum absolute atomic E-state index is 0.0669. The second kappa shape index (κ2) is 6.62. The lowest BCUT2D eigenvalue weighted by atomic mass is 9.82. The van der Waals surface area contributed by atoms with Gasteiger partial charge < -0.3 is 15.2 Å². The number of carbonyl (C=O) groups excluding carboxylic acids is 2. The molecule has 1 amide bonds. The van der Waals surface area contributed by atoms with Crippen LogP contribution < -0.4 is 10.4 Å². The number of carbonyl (C=O) groups is 2. The van der Waals surface area contributed by atoms with Gasteiger partial charge in [-0.2, -0.15) is 13.2 Å². The van der Waals surface area contributed by atoms with Gasteiger partial charge in [-0.25, -0.2) is 0 Å². The number of hydrogen-bond donors (Lipinski definition) is 1. The van der Waals surface area contributed by atoms with Crippen LogP contribution in [0.15, 0.2) is 30.4 Å². The zero-order valence-electron chi connectivity index (χ0n) is 11.7. The summed E-state index contributed by atoms with van der Waals surface area (Å²) in [7, 11) is 0. The highest BCUT2D eigenvalue weighted by Gasteiger charge is 2.33. The highest BCUT2D eigenvalue weighted by atomic mass is 35.5. The van der Waals surface area contributed by atoms with Gasteiger partial charge in [-0.1, -0.05) is 23.8 Å². The van der Waals surface area contributed by atoms with Crippen LogP contribution in [0.2, 0.25) is 5.02 Å². The zero-order valence-corrected chi connectivity index (χ0v) is 12.4. The number of benzene rings is 1. The molecule has 0 heterocycles. The second-order valence-corrected chi connectivity index (χ2v) is 5.56. The lowest BCUT2D eigenvalue weighted by molar-refractivity contribution is -0.313. The molecule has 0 unspecified atom stereocenters. The van der Waals surface area contributed by atoms with E-state index in [9.17, 15) is 27.9 Å². The fraction of sp³-hybridized carbons (Fsp3) is 0.333. The van der Waals surface area contributed by atoms with Crippen LogP contribution in [-0.4, -0.2) is 11.9 Å². The molecule has 23 heavy (non-hydrogen) atoms. The molecule has 0 aliphatic heterocycles. The van der Waals surface area contributed by atoms with E-state index in [4.69, 9.17) is 11.6 Å². The molecule has 124 valence electrons. The van der Waals surface area contributed by atoms with Crippen LogP contribution >= 0.6 is 11.6 Å². The third-order valence-corrected chi connectivity index (χ3v) is 3.95. The average Bonchev–Trinajstić information content (AvgIpc) is 2.48. The first-order valence-corrected chi connectivity index (χ1v) is 7.11. The Bertz CT molecular complexity index is 658. The number of allylic oxidation sites excluding steroid dienone is 2. The Balaban J connectivity index is 2.23. The molecule has 0 spiro atoms. The Morgan fingerprint density at radius 1 is 1.17 bits per heavy atom. The van der Waals surface area contributed by atoms with Crippen LogP contribution in [0.1, 0.15) is 18.4 Å². The Hall–Kier alpha value is -2.02. The molecule has 8 heteroatoms. The molecule has 2 rings (SSSR count). The number of carboxylic acid groups (broad SMARTS) is 1. The standard InChI is InChI=1S/C15H13ClF3NO3/c16-11-6-5-8(15(17,18)19)7-12(11)20-13(21)9-3-1-2-4-10(9)14(22)23/h1-2,5-7,9-10H,3-4H2,(H,20,21)(H,22,23)/p-1/t9-,10+/m1/s1. The minimum atomic E-state index is -4.58. The molecule has 4 nitrogen and oxygen atoms in total. The van der Waals surface area contributed by atoms with Gasteiger partial charge in [0.05, 0.1) is 22.2 Å². The highest BCUT2D eigenvalue weighted by Crippen LogP contribution is 2.34. The number of halogens is 4. The van der Waals surface area contributed by atoms with Crippen molar-refractivity contribution in [3.63, 3.8) is 0 Å². The normalized spacial score (nSPS) is 21.0. The first-order valence-electron chi connectivity index (χ1n) is 6.73. The Morgan fingerprint density at radius 3 is 2.35 bits per heavy atom. The van der Waals surface area contributed by atoms with Crippen molar-refractivity contribution in [3.8, 4) is 0 Å². The maximum absolute atomic E-state index is 12.7. The lowest BCUT2D eigenvalue weighted by Gasteiger charge is -2.28. The number of amides is 1. The number of anilines is 1. The van der Waals surface area contributed by atoms with Gasteiger partial charge in [0.25, 0.3) is 0 Å². The van der Waals surface area contributed by atoms with Crippen molar-refractivity contribution in [3.05, 3.63) is 40.9 Å². The van der Waals surface area contributed by atoms with Crippen molar-refractivity contribution in [1.82, 2.24) is 0 Å². The Morgan fingerprint density at radius 2 is 1.78 bits per heavy atom. The highest BCUT2D eigenvalue weighted by molar-refractivity contribution is 6.33. The van der Waals surface area contributed by atoms with Crippen molar-refractivity contribution in [1.29, 1.82) is 0 Å². The molecule has 1 aromatic rings. The van der Waals surface area contributed by atoms with Crippen molar-refractivity contribution < 1.29 is 27.9 Å². The van der Waals surface area contributed by atoms with Gasteiger partial charge in [0, 0.05) is 11.9 Å². The fourth-order valence-electron chi connectivity index (χ4n) is 2.39. The summed E-state index contributed by atoms with van der Waals surface area (Å²) in [4.78, 5) is 23.3. The topological polar surface area (TPSA) is 69.2 Å². The molecule has 0 bridgehead atoms. The van der Waals surface area contributed by atoms with E-state index in [0.717, 1.165) is 12.1 Å². The first kappa shape index (κ1) is 17.3. The summed E-state index contributed by atoms with van der Waals surface area (Å²) < 4.78 is 38.1. The Kier molecular flexibility index (Phi) is 4.99. The van der Waals surface area contributed by atoms with Gasteiger partial charge in [-0.05, 0) is 31.0 Å². The van der Waals surface area contributed by atoms with E-state index in [2.05, 4.69) is 5.32 Å². The van der Waals surface area contributed by atoms with Crippen molar-refractivity contribution in [2.75, 3.05) is 5.32 Å². The summed E-state index contributed by atoms with van der Waals surface area (Å²) in [5.41, 5.74) is -1.17. The van der Waals surface area contributed by atoms with Crippen molar-refractivity contribution >= 4 is 29.2 Å². The smallest absolute Gasteiger partial charge is 0.416 e. The van der Waals surface area contributed by atoms with E-state index >= 15 is 0 Å². The molecular weight excluding hydrogens is 335 g/mol. The van der Waals surface area contributed by atoms with Gasteiger partial charge >= 0.3 is 6.18 Å². The predicted molar refractivity (Wildman–Crippen MR) is 75.4 cm³/mol. The van der Waals surface area contributed by atoms with Crippen molar-refractivity contribution in [2.24, 2.45) is 11.8 Å². The van der Waals surface area contributed by atoms with E-state index in [-0.39, 0.29) is 23.6 Å². The zero-order chi connectivity index (χ0) is 17.2. The Labute approximate surface area is 134 Å². The monoisotopic (exact) mass is 346 g/mol. The van der Waals surface area contributed by atoms with E-state index in [1.807, 2.05) is 0 Å². The molecule has 1 N–H and O–H groups in total. The second-order valence-electron chi connectivity index (χ2n) is 5.16. The summed E-state index contributed by atoms with van der Waals surface area (Å²) in [6.45, 7) is 0. The van der Waals surface area contributed by atoms with Crippen molar-refractivity contribution in [2.45, 2.75) is 19.0 Å². The predicted octanol–water partition coefficient (Wildman–Crippen LogP) is 2.63. The SMILES string of the molecule is O=C([O-])[C@H]1CC=CC[C@H]1C(=O)Nc1cc(C(F)(F)F)ccc1Cl. The largest absolute Gasteiger partial charge is 0.550 e. The van der Waals surface area contributed by atoms with Gasteiger partial charge in [0.2, 0.25) is 5.91 Å². The number of nitrogens with one attached hydrogen (secondary N) is 1. The quantitative estimate of drug-likeness (QED) is 0.855. The van der Waals surface area contributed by atoms with E-state index in [0.29, 0.717) is 6.07 Å². The summed E-state index contributed by atoms with van der Waals surface area (Å²) in [6.07, 6.45) is -0.998. The number of alkyl halides is 3. The van der Waals surface area contributed by atoms with Gasteiger partial charge in [-0.3, -0.25) is 4.79 Å². The molecule has 0 fully saturated rings. The molecule has 0 radical (unpaired) electrons. The van der Waals surface area contributed by atoms with E-state index in [1.165, 1.54) is 0 Å². The molecule has 0 saturated carbocycles. The molecule has 2 atom stereocenters. The molecule has 1 aliphatic rings. The average molecular weight is 347 g/mol. The maximum Gasteiger partial charge on any atom is 0.416 e. The van der Waals surface area contributed by atoms with E-state index in [1.54, 1.807) is 12.2 Å². The molecule has 1 aromatic carbocycles. The molecule has 0 saturated heterocycles. The van der Waals surface area contributed by atoms with Crippen LogP contribution in [0.3, 0.4) is 0 Å². The summed E-state index contributed by atoms with van der Waals surface area (Å²) >= 11 is 5.80. The van der Waals surface area contributed by atoms with Crippen LogP contribution in [0.5, 0.6) is 0 Å². The molecule has 0 aromatic heterocycles. The van der Waals surface area contributed by atoms with Gasteiger partial charge in [-0.15, -0.1) is 0 Å². The van der Waals surface area contributed by atoms with Gasteiger partial charge in [0.15, 0.2) is 0 Å². The van der Waals surface area contributed by atoms with Gasteiger partial charge in [0.1, 0.15) is 0 Å². The van der Waals surface area contributed by atoms with Crippen LogP contribution in [-0.2, 0) is 15.8 Å². The third kappa shape index (κ3) is 4.04. The number of rotatable bonds is 3. The molecular formula is C15H12ClF3NO3-. The lowest BCUT2D eigenvalue weighted by Crippen LogP contribution is -2.41. The number of carboxylic acids is 1. The summed E-state index contributed by atoms with van der Waals surface area (Å²) in [6, 6.07) is 2.54. The fourth-order valence-corrected chi connectivity index (χ4v) is 2.55. The number of hydrogen-bond acceptors (Lipinski definition) is 3. The minimum Gasteiger partial charge on any atom is -0.550 e. The molecule has 1 aliphatic carbocycles. The maximum atomic E-state index is 12.7. The summed E-state index contributed by atoms with van der Waals surface area (Å²) in [5, 5.41) is 13.3. The first-order chi connectivity index (χ1) is 10.7. The van der Waals surface area contributed by atoms with Crippen LogP contribution in [0.4, 0.5) is 18.9 Å².